The van der Waals surface area contributed by atoms with Crippen LogP contribution in [0, 0.1) is 10.1 Å². The number of hydrogen-bond donors (Lipinski definition) is 4. The maximum atomic E-state index is 12.7. The van der Waals surface area contributed by atoms with Crippen molar-refractivity contribution in [2.75, 3.05) is 23.7 Å². The van der Waals surface area contributed by atoms with E-state index in [1.807, 2.05) is 0 Å². The lowest BCUT2D eigenvalue weighted by Gasteiger charge is -2.12. The lowest BCUT2D eigenvalue weighted by molar-refractivity contribution is -0.384. The van der Waals surface area contributed by atoms with Crippen LogP contribution in [0.3, 0.4) is 0 Å². The molecule has 12 heteroatoms. The number of halogens is 3. The third kappa shape index (κ3) is 7.45. The predicted molar refractivity (Wildman–Crippen MR) is 112 cm³/mol. The molecule has 0 heterocycles. The zero-order valence-corrected chi connectivity index (χ0v) is 17.1. The van der Waals surface area contributed by atoms with Crippen LogP contribution in [0.25, 0.3) is 0 Å². The van der Waals surface area contributed by atoms with Crippen LogP contribution in [0.5, 0.6) is 0 Å². The van der Waals surface area contributed by atoms with Crippen molar-refractivity contribution in [3.05, 3.63) is 63.7 Å². The molecule has 0 aliphatic heterocycles. The van der Waals surface area contributed by atoms with Crippen molar-refractivity contribution in [2.45, 2.75) is 26.1 Å². The van der Waals surface area contributed by atoms with E-state index in [4.69, 9.17) is 0 Å². The number of amides is 3. The largest absolute Gasteiger partial charge is 0.416 e. The van der Waals surface area contributed by atoms with E-state index in [9.17, 15) is 32.9 Å². The molecule has 172 valence electrons. The smallest absolute Gasteiger partial charge is 0.378 e. The molecule has 0 spiro atoms. The van der Waals surface area contributed by atoms with Crippen molar-refractivity contribution in [1.29, 1.82) is 0 Å². The van der Waals surface area contributed by atoms with Crippen molar-refractivity contribution in [2.24, 2.45) is 0 Å². The number of hydrogen-bond acceptors (Lipinski definition) is 5. The normalized spacial score (nSPS) is 10.9. The summed E-state index contributed by atoms with van der Waals surface area (Å²) in [7, 11) is 0. The van der Waals surface area contributed by atoms with Gasteiger partial charge >= 0.3 is 12.2 Å². The Morgan fingerprint density at radius 2 is 1.72 bits per heavy atom. The molecule has 0 bridgehead atoms. The summed E-state index contributed by atoms with van der Waals surface area (Å²) in [6.45, 7) is 2.11. The number of urea groups is 1. The van der Waals surface area contributed by atoms with Crippen molar-refractivity contribution < 1.29 is 27.7 Å². The molecule has 9 nitrogen and oxygen atoms in total. The Balaban J connectivity index is 1.78. The van der Waals surface area contributed by atoms with Crippen LogP contribution in [0.2, 0.25) is 0 Å². The van der Waals surface area contributed by atoms with Gasteiger partial charge < -0.3 is 21.3 Å². The van der Waals surface area contributed by atoms with E-state index in [1.54, 1.807) is 31.2 Å². The Morgan fingerprint density at radius 1 is 1.03 bits per heavy atom. The Labute approximate surface area is 181 Å². The zero-order chi connectivity index (χ0) is 23.7. The van der Waals surface area contributed by atoms with E-state index in [2.05, 4.69) is 21.3 Å². The second-order valence-electron chi connectivity index (χ2n) is 6.62. The molecule has 2 aromatic rings. The van der Waals surface area contributed by atoms with Crippen LogP contribution in [0.1, 0.15) is 24.5 Å². The van der Waals surface area contributed by atoms with Gasteiger partial charge in [0.15, 0.2) is 0 Å². The van der Waals surface area contributed by atoms with Crippen molar-refractivity contribution >= 4 is 29.0 Å². The molecule has 0 aromatic heterocycles. The number of benzene rings is 2. The summed E-state index contributed by atoms with van der Waals surface area (Å²) >= 11 is 0. The Hall–Kier alpha value is -3.83. The molecular formula is C20H22F3N5O4. The average Bonchev–Trinajstić information content (AvgIpc) is 2.75. The average molecular weight is 453 g/mol. The van der Waals surface area contributed by atoms with Crippen LogP contribution in [-0.4, -0.2) is 30.0 Å². The summed E-state index contributed by atoms with van der Waals surface area (Å²) < 4.78 is 38.2. The first-order valence-electron chi connectivity index (χ1n) is 9.60. The molecular weight excluding hydrogens is 431 g/mol. The van der Waals surface area contributed by atoms with Gasteiger partial charge in [-0.1, -0.05) is 19.1 Å². The first-order valence-corrected chi connectivity index (χ1v) is 9.60. The van der Waals surface area contributed by atoms with E-state index in [0.717, 1.165) is 17.7 Å². The number of nitrogens with one attached hydrogen (secondary N) is 4. The predicted octanol–water partition coefficient (Wildman–Crippen LogP) is 3.87. The lowest BCUT2D eigenvalue weighted by Crippen LogP contribution is -2.37. The van der Waals surface area contributed by atoms with Gasteiger partial charge in [-0.3, -0.25) is 14.9 Å². The molecule has 2 aromatic carbocycles. The van der Waals surface area contributed by atoms with Gasteiger partial charge in [0.05, 0.1) is 10.5 Å². The van der Waals surface area contributed by atoms with E-state index >= 15 is 0 Å². The highest BCUT2D eigenvalue weighted by atomic mass is 19.4. The molecule has 0 aliphatic rings. The van der Waals surface area contributed by atoms with Crippen molar-refractivity contribution in [3.8, 4) is 0 Å². The summed E-state index contributed by atoms with van der Waals surface area (Å²) in [5.74, 6) is -0.106. The number of nitrogens with zero attached hydrogens (tertiary/aromatic N) is 1. The molecule has 0 aliphatic carbocycles. The monoisotopic (exact) mass is 453 g/mol. The number of nitro groups is 1. The van der Waals surface area contributed by atoms with Gasteiger partial charge in [-0.15, -0.1) is 0 Å². The van der Waals surface area contributed by atoms with Gasteiger partial charge in [-0.2, -0.15) is 13.2 Å². The van der Waals surface area contributed by atoms with Gasteiger partial charge in [0, 0.05) is 37.8 Å². The van der Waals surface area contributed by atoms with Gasteiger partial charge in [-0.05, 0) is 29.8 Å². The zero-order valence-electron chi connectivity index (χ0n) is 17.1. The Morgan fingerprint density at radius 3 is 2.31 bits per heavy atom. The molecule has 0 fully saturated rings. The summed E-state index contributed by atoms with van der Waals surface area (Å²) in [6.07, 6.45) is -4.32. The minimum Gasteiger partial charge on any atom is -0.378 e. The van der Waals surface area contributed by atoms with Crippen molar-refractivity contribution in [1.82, 2.24) is 10.6 Å². The molecule has 0 radical (unpaired) electrons. The third-order valence-corrected chi connectivity index (χ3v) is 4.26. The summed E-state index contributed by atoms with van der Waals surface area (Å²) in [4.78, 5) is 33.4. The van der Waals surface area contributed by atoms with Gasteiger partial charge in [0.1, 0.15) is 5.69 Å². The van der Waals surface area contributed by atoms with Crippen LogP contribution < -0.4 is 21.3 Å². The number of nitro benzene ring substituents is 1. The SMILES string of the molecule is CCC(=O)Nc1ccc(CNC(=O)NCCNc2ccc(C(F)(F)F)cc2[N+](=O)[O-])cc1. The lowest BCUT2D eigenvalue weighted by atomic mass is 10.1. The Bertz CT molecular complexity index is 965. The molecule has 3 amide bonds. The highest BCUT2D eigenvalue weighted by Crippen LogP contribution is 2.34. The molecule has 32 heavy (non-hydrogen) atoms. The van der Waals surface area contributed by atoms with Gasteiger partial charge in [-0.25, -0.2) is 4.79 Å². The summed E-state index contributed by atoms with van der Waals surface area (Å²) in [5, 5.41) is 21.6. The fraction of sp³-hybridized carbons (Fsp3) is 0.300. The second-order valence-corrected chi connectivity index (χ2v) is 6.62. The highest BCUT2D eigenvalue weighted by molar-refractivity contribution is 5.90. The molecule has 0 unspecified atom stereocenters. The minimum absolute atomic E-state index is 0.0610. The number of rotatable bonds is 9. The summed E-state index contributed by atoms with van der Waals surface area (Å²) in [6, 6.07) is 8.61. The first kappa shape index (κ1) is 24.4. The highest BCUT2D eigenvalue weighted by Gasteiger charge is 2.33. The van der Waals surface area contributed by atoms with Crippen LogP contribution in [0.4, 0.5) is 35.0 Å². The van der Waals surface area contributed by atoms with Gasteiger partial charge in [0.25, 0.3) is 5.69 Å². The third-order valence-electron chi connectivity index (χ3n) is 4.26. The first-order chi connectivity index (χ1) is 15.1. The van der Waals surface area contributed by atoms with E-state index in [0.29, 0.717) is 18.2 Å². The summed E-state index contributed by atoms with van der Waals surface area (Å²) in [5.41, 5.74) is -0.460. The van der Waals surface area contributed by atoms with E-state index < -0.39 is 28.4 Å². The number of alkyl halides is 3. The van der Waals surface area contributed by atoms with Crippen LogP contribution in [-0.2, 0) is 17.5 Å². The second kappa shape index (κ2) is 11.0. The molecule has 0 saturated carbocycles. The van der Waals surface area contributed by atoms with E-state index in [-0.39, 0.29) is 31.2 Å². The molecule has 0 saturated heterocycles. The molecule has 4 N–H and O–H groups in total. The number of anilines is 2. The fourth-order valence-electron chi connectivity index (χ4n) is 2.58. The topological polar surface area (TPSA) is 125 Å². The fourth-order valence-corrected chi connectivity index (χ4v) is 2.58. The van der Waals surface area contributed by atoms with Crippen LogP contribution in [0.15, 0.2) is 42.5 Å². The van der Waals surface area contributed by atoms with Crippen molar-refractivity contribution in [3.63, 3.8) is 0 Å². The Kier molecular flexibility index (Phi) is 8.38. The number of carbonyl (C=O) groups excluding carboxylic acids is 2. The standard InChI is InChI=1S/C20H22F3N5O4/c1-2-18(29)27-15-6-3-13(4-7-15)12-26-19(30)25-10-9-24-16-8-5-14(20(21,22)23)11-17(16)28(31)32/h3-8,11,24H,2,9-10,12H2,1H3,(H,27,29)(H2,25,26,30). The quantitative estimate of drug-likeness (QED) is 0.261. The maximum Gasteiger partial charge on any atom is 0.416 e. The van der Waals surface area contributed by atoms with Gasteiger partial charge in [0.2, 0.25) is 5.91 Å². The number of carbonyl (C=O) groups is 2. The maximum absolute atomic E-state index is 12.7. The molecule has 2 rings (SSSR count). The molecule has 0 atom stereocenters. The minimum atomic E-state index is -4.69. The van der Waals surface area contributed by atoms with Crippen LogP contribution >= 0.6 is 0 Å². The van der Waals surface area contributed by atoms with E-state index in [1.165, 1.54) is 0 Å².